The average molecular weight is 290 g/mol. The molecule has 0 spiro atoms. The highest BCUT2D eigenvalue weighted by Gasteiger charge is 2.37. The normalized spacial score (nSPS) is 14.1. The van der Waals surface area contributed by atoms with Gasteiger partial charge in [-0.1, -0.05) is 50.3 Å². The molecule has 0 saturated heterocycles. The van der Waals surface area contributed by atoms with Gasteiger partial charge < -0.3 is 9.84 Å². The summed E-state index contributed by atoms with van der Waals surface area (Å²) in [6.07, 6.45) is 2.71. The zero-order chi connectivity index (χ0) is 15.9. The van der Waals surface area contributed by atoms with Gasteiger partial charge in [0.2, 0.25) is 0 Å². The van der Waals surface area contributed by atoms with Gasteiger partial charge in [0.05, 0.1) is 13.0 Å². The molecule has 0 amide bonds. The third kappa shape index (κ3) is 5.16. The summed E-state index contributed by atoms with van der Waals surface area (Å²) in [6.45, 7) is 5.64. The number of Topliss-reactive ketones (excluding diaryl/α,β-unsaturated/α-hetero) is 1. The van der Waals surface area contributed by atoms with Crippen LogP contribution in [-0.2, 0) is 9.53 Å². The molecule has 0 aliphatic carbocycles. The standard InChI is InChI=1S/C17H22O4/c1-4-21-16(19)17(20,11-10-13(2)3)12-15(18)14-8-6-5-7-9-14/h5-11,13,20H,4,12H2,1-3H3/b11-10+/t17-/m1/s1. The van der Waals surface area contributed by atoms with Crippen LogP contribution in [0.3, 0.4) is 0 Å². The van der Waals surface area contributed by atoms with Crippen LogP contribution in [0.5, 0.6) is 0 Å². The van der Waals surface area contributed by atoms with E-state index in [0.717, 1.165) is 0 Å². The largest absolute Gasteiger partial charge is 0.464 e. The van der Waals surface area contributed by atoms with Crippen molar-refractivity contribution in [2.45, 2.75) is 32.8 Å². The van der Waals surface area contributed by atoms with E-state index >= 15 is 0 Å². The van der Waals surface area contributed by atoms with E-state index in [2.05, 4.69) is 0 Å². The second-order valence-corrected chi connectivity index (χ2v) is 5.21. The maximum atomic E-state index is 12.2. The van der Waals surface area contributed by atoms with E-state index in [0.29, 0.717) is 5.56 Å². The Morgan fingerprint density at radius 3 is 2.43 bits per heavy atom. The first-order valence-corrected chi connectivity index (χ1v) is 7.06. The molecular weight excluding hydrogens is 268 g/mol. The Balaban J connectivity index is 2.97. The number of carbonyl (C=O) groups is 2. The number of ether oxygens (including phenoxy) is 1. The van der Waals surface area contributed by atoms with E-state index in [9.17, 15) is 14.7 Å². The molecule has 1 rings (SSSR count). The SMILES string of the molecule is CCOC(=O)[C@@](O)(/C=C/C(C)C)CC(=O)c1ccccc1. The third-order valence-corrected chi connectivity index (χ3v) is 2.91. The minimum absolute atomic E-state index is 0.149. The van der Waals surface area contributed by atoms with Crippen molar-refractivity contribution in [3.05, 3.63) is 48.0 Å². The van der Waals surface area contributed by atoms with Gasteiger partial charge in [-0.25, -0.2) is 4.79 Å². The Kier molecular flexibility index (Phi) is 6.31. The summed E-state index contributed by atoms with van der Waals surface area (Å²) in [5, 5.41) is 10.5. The number of aliphatic hydroxyl groups is 1. The minimum atomic E-state index is -1.92. The monoisotopic (exact) mass is 290 g/mol. The molecule has 1 aromatic rings. The summed E-state index contributed by atoms with van der Waals surface area (Å²) < 4.78 is 4.88. The summed E-state index contributed by atoms with van der Waals surface area (Å²) >= 11 is 0. The summed E-state index contributed by atoms with van der Waals surface area (Å²) in [5.41, 5.74) is -1.47. The highest BCUT2D eigenvalue weighted by atomic mass is 16.5. The minimum Gasteiger partial charge on any atom is -0.464 e. The average Bonchev–Trinajstić information content (AvgIpc) is 2.46. The molecule has 0 fully saturated rings. The summed E-state index contributed by atoms with van der Waals surface area (Å²) in [6, 6.07) is 8.58. The summed E-state index contributed by atoms with van der Waals surface area (Å²) in [5.74, 6) is -0.955. The van der Waals surface area contributed by atoms with Crippen LogP contribution in [0.15, 0.2) is 42.5 Å². The predicted molar refractivity (Wildman–Crippen MR) is 81.0 cm³/mol. The summed E-state index contributed by atoms with van der Waals surface area (Å²) in [4.78, 5) is 24.2. The van der Waals surface area contributed by atoms with Crippen molar-refractivity contribution in [2.75, 3.05) is 6.61 Å². The molecule has 0 heterocycles. The fourth-order valence-corrected chi connectivity index (χ4v) is 1.78. The van der Waals surface area contributed by atoms with Gasteiger partial charge in [-0.15, -0.1) is 0 Å². The molecule has 0 aliphatic heterocycles. The lowest BCUT2D eigenvalue weighted by Crippen LogP contribution is -2.40. The quantitative estimate of drug-likeness (QED) is 0.476. The number of ketones is 1. The number of carbonyl (C=O) groups excluding carboxylic acids is 2. The molecule has 0 aliphatic rings. The first kappa shape index (κ1) is 17.1. The number of allylic oxidation sites excluding steroid dienone is 1. The molecule has 0 aromatic heterocycles. The fourth-order valence-electron chi connectivity index (χ4n) is 1.78. The molecule has 0 saturated carbocycles. The molecule has 1 N–H and O–H groups in total. The molecule has 0 unspecified atom stereocenters. The van der Waals surface area contributed by atoms with E-state index < -0.39 is 11.6 Å². The van der Waals surface area contributed by atoms with Crippen LogP contribution in [0.1, 0.15) is 37.6 Å². The van der Waals surface area contributed by atoms with Gasteiger partial charge in [0, 0.05) is 5.56 Å². The highest BCUT2D eigenvalue weighted by molar-refractivity contribution is 6.00. The van der Waals surface area contributed by atoms with Gasteiger partial charge in [0.1, 0.15) is 0 Å². The molecule has 4 heteroatoms. The number of hydrogen-bond donors (Lipinski definition) is 1. The topological polar surface area (TPSA) is 63.6 Å². The molecule has 114 valence electrons. The van der Waals surface area contributed by atoms with Crippen molar-refractivity contribution in [2.24, 2.45) is 5.92 Å². The van der Waals surface area contributed by atoms with Gasteiger partial charge in [-0.2, -0.15) is 0 Å². The van der Waals surface area contributed by atoms with Gasteiger partial charge in [0.15, 0.2) is 11.4 Å². The van der Waals surface area contributed by atoms with Gasteiger partial charge >= 0.3 is 5.97 Å². The van der Waals surface area contributed by atoms with E-state index in [1.807, 2.05) is 13.8 Å². The maximum absolute atomic E-state index is 12.2. The number of benzene rings is 1. The Hall–Kier alpha value is -1.94. The Morgan fingerprint density at radius 2 is 1.90 bits per heavy atom. The van der Waals surface area contributed by atoms with E-state index in [1.165, 1.54) is 6.08 Å². The number of rotatable bonds is 7. The fraction of sp³-hybridized carbons (Fsp3) is 0.412. The zero-order valence-corrected chi connectivity index (χ0v) is 12.7. The lowest BCUT2D eigenvalue weighted by Gasteiger charge is -2.22. The van der Waals surface area contributed by atoms with Crippen molar-refractivity contribution in [3.8, 4) is 0 Å². The lowest BCUT2D eigenvalue weighted by molar-refractivity contribution is -0.159. The number of esters is 1. The van der Waals surface area contributed by atoms with Gasteiger partial charge in [-0.3, -0.25) is 4.79 Å². The van der Waals surface area contributed by atoms with E-state index in [4.69, 9.17) is 4.74 Å². The van der Waals surface area contributed by atoms with E-state index in [-0.39, 0.29) is 24.7 Å². The molecule has 21 heavy (non-hydrogen) atoms. The number of hydrogen-bond acceptors (Lipinski definition) is 4. The van der Waals surface area contributed by atoms with Crippen LogP contribution in [0, 0.1) is 5.92 Å². The van der Waals surface area contributed by atoms with Crippen molar-refractivity contribution < 1.29 is 19.4 Å². The Bertz CT molecular complexity index is 505. The van der Waals surface area contributed by atoms with Crippen LogP contribution in [0.4, 0.5) is 0 Å². The zero-order valence-electron chi connectivity index (χ0n) is 12.7. The van der Waals surface area contributed by atoms with E-state index in [1.54, 1.807) is 43.3 Å². The van der Waals surface area contributed by atoms with Crippen LogP contribution < -0.4 is 0 Å². The summed E-state index contributed by atoms with van der Waals surface area (Å²) in [7, 11) is 0. The predicted octanol–water partition coefficient (Wildman–Crippen LogP) is 2.77. The highest BCUT2D eigenvalue weighted by Crippen LogP contribution is 2.19. The molecule has 1 atom stereocenters. The molecule has 0 bridgehead atoms. The lowest BCUT2D eigenvalue weighted by atomic mass is 9.92. The molecular formula is C17H22O4. The second-order valence-electron chi connectivity index (χ2n) is 5.21. The van der Waals surface area contributed by atoms with Gasteiger partial charge in [0.25, 0.3) is 0 Å². The van der Waals surface area contributed by atoms with Gasteiger partial charge in [-0.05, 0) is 18.9 Å². The first-order chi connectivity index (χ1) is 9.89. The Morgan fingerprint density at radius 1 is 1.29 bits per heavy atom. The maximum Gasteiger partial charge on any atom is 0.342 e. The second kappa shape index (κ2) is 7.74. The molecule has 4 nitrogen and oxygen atoms in total. The van der Waals surface area contributed by atoms with Crippen molar-refractivity contribution >= 4 is 11.8 Å². The van der Waals surface area contributed by atoms with Crippen LogP contribution in [0.2, 0.25) is 0 Å². The van der Waals surface area contributed by atoms with Crippen molar-refractivity contribution in [1.29, 1.82) is 0 Å². The Labute approximate surface area is 125 Å². The molecule has 1 aromatic carbocycles. The third-order valence-electron chi connectivity index (χ3n) is 2.91. The van der Waals surface area contributed by atoms with Crippen LogP contribution >= 0.6 is 0 Å². The smallest absolute Gasteiger partial charge is 0.342 e. The van der Waals surface area contributed by atoms with Crippen LogP contribution in [-0.4, -0.2) is 29.1 Å². The van der Waals surface area contributed by atoms with Crippen molar-refractivity contribution in [1.82, 2.24) is 0 Å². The first-order valence-electron chi connectivity index (χ1n) is 7.06. The van der Waals surface area contributed by atoms with Crippen LogP contribution in [0.25, 0.3) is 0 Å². The van der Waals surface area contributed by atoms with Crippen molar-refractivity contribution in [3.63, 3.8) is 0 Å². The molecule has 0 radical (unpaired) electrons.